The van der Waals surface area contributed by atoms with Crippen LogP contribution in [0.4, 0.5) is 10.2 Å². The highest BCUT2D eigenvalue weighted by Crippen LogP contribution is 2.26. The van der Waals surface area contributed by atoms with Crippen LogP contribution in [0.25, 0.3) is 5.69 Å². The van der Waals surface area contributed by atoms with Crippen molar-refractivity contribution >= 4 is 17.5 Å². The number of benzene rings is 1. The lowest BCUT2D eigenvalue weighted by molar-refractivity contribution is -0.131. The van der Waals surface area contributed by atoms with Gasteiger partial charge in [-0.05, 0) is 49.6 Å². The lowest BCUT2D eigenvalue weighted by atomic mass is 10.0. The van der Waals surface area contributed by atoms with Gasteiger partial charge in [-0.25, -0.2) is 9.07 Å². The standard InChI is InChI=1S/C21H23FN6O2/c1-14-11-24-26(13-14)10-8-19(29)27-9-2-3-18(27)20(30)17-12-25-28(21(17)23)16-6-4-15(22)5-7-16/h4-7,11-13,18H,2-3,8-10,23H2,1H3/t18-/m0/s1. The van der Waals surface area contributed by atoms with Crippen molar-refractivity contribution in [3.63, 3.8) is 0 Å². The van der Waals surface area contributed by atoms with E-state index >= 15 is 0 Å². The van der Waals surface area contributed by atoms with Gasteiger partial charge in [0.25, 0.3) is 0 Å². The highest BCUT2D eigenvalue weighted by molar-refractivity contribution is 6.05. The molecule has 3 heterocycles. The van der Waals surface area contributed by atoms with E-state index in [1.807, 2.05) is 13.1 Å². The maximum atomic E-state index is 13.2. The van der Waals surface area contributed by atoms with Crippen LogP contribution in [-0.2, 0) is 11.3 Å². The average Bonchev–Trinajstić information content (AvgIpc) is 3.46. The summed E-state index contributed by atoms with van der Waals surface area (Å²) >= 11 is 0. The summed E-state index contributed by atoms with van der Waals surface area (Å²) < 4.78 is 16.3. The molecule has 1 aromatic carbocycles. The molecule has 2 aromatic heterocycles. The Bertz CT molecular complexity index is 1070. The number of hydrogen-bond acceptors (Lipinski definition) is 5. The number of aromatic nitrogens is 4. The first-order valence-corrected chi connectivity index (χ1v) is 9.86. The summed E-state index contributed by atoms with van der Waals surface area (Å²) in [6.07, 6.45) is 6.66. The molecular weight excluding hydrogens is 387 g/mol. The van der Waals surface area contributed by atoms with E-state index in [4.69, 9.17) is 5.73 Å². The second-order valence-corrected chi connectivity index (χ2v) is 7.47. The monoisotopic (exact) mass is 410 g/mol. The molecular formula is C21H23FN6O2. The summed E-state index contributed by atoms with van der Waals surface area (Å²) in [6.45, 7) is 2.95. The van der Waals surface area contributed by atoms with Gasteiger partial charge in [0.1, 0.15) is 11.6 Å². The highest BCUT2D eigenvalue weighted by atomic mass is 19.1. The summed E-state index contributed by atoms with van der Waals surface area (Å²) in [4.78, 5) is 27.5. The number of nitrogens with two attached hydrogens (primary N) is 1. The van der Waals surface area contributed by atoms with E-state index in [1.54, 1.807) is 15.8 Å². The van der Waals surface area contributed by atoms with Gasteiger partial charge in [-0.1, -0.05) is 0 Å². The quantitative estimate of drug-likeness (QED) is 0.629. The van der Waals surface area contributed by atoms with Crippen LogP contribution in [0.5, 0.6) is 0 Å². The minimum Gasteiger partial charge on any atom is -0.383 e. The zero-order valence-corrected chi connectivity index (χ0v) is 16.7. The molecule has 1 aliphatic heterocycles. The molecule has 3 aromatic rings. The van der Waals surface area contributed by atoms with Gasteiger partial charge in [-0.2, -0.15) is 10.2 Å². The molecule has 4 rings (SSSR count). The largest absolute Gasteiger partial charge is 0.383 e. The van der Waals surface area contributed by atoms with Crippen LogP contribution >= 0.6 is 0 Å². The number of Topliss-reactive ketones (excluding diaryl/α,β-unsaturated/α-hetero) is 1. The lowest BCUT2D eigenvalue weighted by Crippen LogP contribution is -2.41. The molecule has 0 spiro atoms. The number of halogens is 1. The normalized spacial score (nSPS) is 16.2. The molecule has 1 amide bonds. The Labute approximate surface area is 173 Å². The molecule has 0 aliphatic carbocycles. The van der Waals surface area contributed by atoms with E-state index in [-0.39, 0.29) is 35.3 Å². The minimum absolute atomic E-state index is 0.0801. The van der Waals surface area contributed by atoms with Crippen molar-refractivity contribution in [3.05, 3.63) is 59.8 Å². The Morgan fingerprint density at radius 1 is 1.20 bits per heavy atom. The van der Waals surface area contributed by atoms with Crippen molar-refractivity contribution in [3.8, 4) is 5.69 Å². The van der Waals surface area contributed by atoms with Gasteiger partial charge in [0.2, 0.25) is 5.91 Å². The second-order valence-electron chi connectivity index (χ2n) is 7.47. The van der Waals surface area contributed by atoms with Crippen LogP contribution < -0.4 is 5.73 Å². The van der Waals surface area contributed by atoms with Crippen molar-refractivity contribution < 1.29 is 14.0 Å². The molecule has 2 N–H and O–H groups in total. The number of carbonyl (C=O) groups is 2. The van der Waals surface area contributed by atoms with Crippen LogP contribution in [0.2, 0.25) is 0 Å². The molecule has 0 bridgehead atoms. The molecule has 1 atom stereocenters. The summed E-state index contributed by atoms with van der Waals surface area (Å²) in [7, 11) is 0. The summed E-state index contributed by atoms with van der Waals surface area (Å²) in [6, 6.07) is 5.13. The third kappa shape index (κ3) is 3.83. The smallest absolute Gasteiger partial charge is 0.225 e. The van der Waals surface area contributed by atoms with Crippen LogP contribution in [0.1, 0.15) is 35.2 Å². The zero-order valence-electron chi connectivity index (χ0n) is 16.7. The highest BCUT2D eigenvalue weighted by Gasteiger charge is 2.36. The van der Waals surface area contributed by atoms with Crippen LogP contribution in [-0.4, -0.2) is 48.7 Å². The Morgan fingerprint density at radius 2 is 1.97 bits per heavy atom. The van der Waals surface area contributed by atoms with Gasteiger partial charge < -0.3 is 10.6 Å². The fraction of sp³-hybridized carbons (Fsp3) is 0.333. The Balaban J connectivity index is 1.48. The first-order chi connectivity index (χ1) is 14.4. The molecule has 0 saturated carbocycles. The number of ketones is 1. The predicted molar refractivity (Wildman–Crippen MR) is 109 cm³/mol. The van der Waals surface area contributed by atoms with Crippen molar-refractivity contribution in [2.45, 2.75) is 38.8 Å². The number of likely N-dealkylation sites (tertiary alicyclic amines) is 1. The number of aryl methyl sites for hydroxylation is 2. The zero-order chi connectivity index (χ0) is 21.3. The predicted octanol–water partition coefficient (Wildman–Crippen LogP) is 2.36. The van der Waals surface area contributed by atoms with Gasteiger partial charge in [0, 0.05) is 25.7 Å². The maximum Gasteiger partial charge on any atom is 0.225 e. The lowest BCUT2D eigenvalue weighted by Gasteiger charge is -2.23. The van der Waals surface area contributed by atoms with Crippen LogP contribution in [0.3, 0.4) is 0 Å². The van der Waals surface area contributed by atoms with E-state index in [2.05, 4.69) is 10.2 Å². The van der Waals surface area contributed by atoms with Gasteiger partial charge >= 0.3 is 0 Å². The fourth-order valence-corrected chi connectivity index (χ4v) is 3.80. The number of nitrogens with zero attached hydrogens (tertiary/aromatic N) is 5. The van der Waals surface area contributed by atoms with Crippen LogP contribution in [0, 0.1) is 12.7 Å². The molecule has 30 heavy (non-hydrogen) atoms. The Kier molecular flexibility index (Phi) is 5.35. The first-order valence-electron chi connectivity index (χ1n) is 9.86. The van der Waals surface area contributed by atoms with Crippen molar-refractivity contribution in [1.29, 1.82) is 0 Å². The van der Waals surface area contributed by atoms with Crippen LogP contribution in [0.15, 0.2) is 42.9 Å². The molecule has 1 saturated heterocycles. The fourth-order valence-electron chi connectivity index (χ4n) is 3.80. The number of hydrogen-bond donors (Lipinski definition) is 1. The molecule has 1 aliphatic rings. The topological polar surface area (TPSA) is 99.0 Å². The SMILES string of the molecule is Cc1cnn(CCC(=O)N2CCC[C@H]2C(=O)c2cnn(-c3ccc(F)cc3)c2N)c1. The Hall–Kier alpha value is -3.49. The third-order valence-corrected chi connectivity index (χ3v) is 5.34. The van der Waals surface area contributed by atoms with Gasteiger partial charge in [-0.15, -0.1) is 0 Å². The molecule has 156 valence electrons. The van der Waals surface area contributed by atoms with E-state index in [0.717, 1.165) is 12.0 Å². The number of rotatable bonds is 6. The van der Waals surface area contributed by atoms with E-state index in [1.165, 1.54) is 35.1 Å². The van der Waals surface area contributed by atoms with E-state index in [0.29, 0.717) is 25.2 Å². The average molecular weight is 410 g/mol. The molecule has 0 radical (unpaired) electrons. The molecule has 8 nitrogen and oxygen atoms in total. The van der Waals surface area contributed by atoms with Gasteiger partial charge in [-0.3, -0.25) is 14.3 Å². The second kappa shape index (κ2) is 8.10. The number of nitrogen functional groups attached to an aromatic ring is 1. The molecule has 9 heteroatoms. The van der Waals surface area contributed by atoms with Crippen molar-refractivity contribution in [1.82, 2.24) is 24.5 Å². The number of carbonyl (C=O) groups excluding carboxylic acids is 2. The minimum atomic E-state index is -0.551. The van der Waals surface area contributed by atoms with Gasteiger partial charge in [0.15, 0.2) is 5.78 Å². The van der Waals surface area contributed by atoms with Crippen molar-refractivity contribution in [2.24, 2.45) is 0 Å². The maximum absolute atomic E-state index is 13.2. The summed E-state index contributed by atoms with van der Waals surface area (Å²) in [5, 5.41) is 8.38. The van der Waals surface area contributed by atoms with Crippen molar-refractivity contribution in [2.75, 3.05) is 12.3 Å². The molecule has 1 fully saturated rings. The first kappa shape index (κ1) is 19.8. The Morgan fingerprint density at radius 3 is 2.67 bits per heavy atom. The number of amides is 1. The van der Waals surface area contributed by atoms with E-state index in [9.17, 15) is 14.0 Å². The third-order valence-electron chi connectivity index (χ3n) is 5.34. The summed E-state index contributed by atoms with van der Waals surface area (Å²) in [5.74, 6) is -0.491. The molecule has 0 unspecified atom stereocenters. The summed E-state index contributed by atoms with van der Waals surface area (Å²) in [5.41, 5.74) is 8.03. The number of anilines is 1. The van der Waals surface area contributed by atoms with E-state index < -0.39 is 6.04 Å². The van der Waals surface area contributed by atoms with Gasteiger partial charge in [0.05, 0.1) is 29.7 Å².